The first kappa shape index (κ1) is 20.7. The molecule has 162 valence electrons. The van der Waals surface area contributed by atoms with E-state index in [0.717, 1.165) is 42.5 Å². The number of nitrogens with one attached hydrogen (secondary N) is 1. The molecule has 2 heterocycles. The molecule has 0 saturated heterocycles. The van der Waals surface area contributed by atoms with Crippen molar-refractivity contribution in [1.82, 2.24) is 9.88 Å². The van der Waals surface area contributed by atoms with Crippen molar-refractivity contribution in [3.63, 3.8) is 0 Å². The number of anilines is 1. The summed E-state index contributed by atoms with van der Waals surface area (Å²) >= 11 is 1.46. The number of thiazole rings is 1. The fourth-order valence-corrected chi connectivity index (χ4v) is 4.97. The van der Waals surface area contributed by atoms with Gasteiger partial charge >= 0.3 is 0 Å². The maximum Gasteiger partial charge on any atom is 0.261 e. The summed E-state index contributed by atoms with van der Waals surface area (Å²) in [6, 6.07) is 20.3. The summed E-state index contributed by atoms with van der Waals surface area (Å²) in [6.45, 7) is 5.15. The number of carbonyl (C=O) groups is 1. The molecule has 0 bridgehead atoms. The van der Waals surface area contributed by atoms with Gasteiger partial charge in [0.2, 0.25) is 0 Å². The van der Waals surface area contributed by atoms with Gasteiger partial charge in [-0.3, -0.25) is 15.0 Å². The molecule has 5 nitrogen and oxygen atoms in total. The van der Waals surface area contributed by atoms with E-state index in [1.54, 1.807) is 0 Å². The van der Waals surface area contributed by atoms with Crippen LogP contribution >= 0.6 is 11.3 Å². The molecule has 0 atom stereocenters. The maximum atomic E-state index is 13.2. The highest BCUT2D eigenvalue weighted by atomic mass is 32.1. The Morgan fingerprint density at radius 3 is 2.78 bits per heavy atom. The van der Waals surface area contributed by atoms with Crippen molar-refractivity contribution < 1.29 is 9.53 Å². The minimum Gasteiger partial charge on any atom is -0.493 e. The molecule has 1 aliphatic heterocycles. The Balaban J connectivity index is 1.32. The van der Waals surface area contributed by atoms with Crippen LogP contribution in [0.2, 0.25) is 0 Å². The first-order chi connectivity index (χ1) is 15.7. The first-order valence-corrected chi connectivity index (χ1v) is 11.8. The molecule has 0 spiro atoms. The normalized spacial score (nSPS) is 13.7. The molecule has 1 aliphatic rings. The highest BCUT2D eigenvalue weighted by molar-refractivity contribution is 7.14. The van der Waals surface area contributed by atoms with Gasteiger partial charge in [0.05, 0.1) is 17.9 Å². The van der Waals surface area contributed by atoms with Crippen molar-refractivity contribution in [3.8, 4) is 5.75 Å². The molecule has 0 aliphatic carbocycles. The van der Waals surface area contributed by atoms with Crippen LogP contribution in [0.25, 0.3) is 10.8 Å². The molecule has 32 heavy (non-hydrogen) atoms. The van der Waals surface area contributed by atoms with E-state index in [-0.39, 0.29) is 5.91 Å². The van der Waals surface area contributed by atoms with Gasteiger partial charge in [-0.2, -0.15) is 0 Å². The van der Waals surface area contributed by atoms with Gasteiger partial charge in [-0.15, -0.1) is 11.3 Å². The second-order valence-electron chi connectivity index (χ2n) is 7.92. The standard InChI is InChI=1S/C26H25N3O2S/c1-2-31-23-12-11-19-8-5-6-10-22(19)24(23)25(30)28-26-27-21(17-32-26)16-29-14-13-18-7-3-4-9-20(18)15-29/h3-12,17H,2,13-16H2,1H3,(H,27,28,30). The summed E-state index contributed by atoms with van der Waals surface area (Å²) in [5.74, 6) is 0.394. The summed E-state index contributed by atoms with van der Waals surface area (Å²) in [7, 11) is 0. The van der Waals surface area contributed by atoms with Crippen molar-refractivity contribution in [1.29, 1.82) is 0 Å². The lowest BCUT2D eigenvalue weighted by Crippen LogP contribution is -2.30. The number of benzene rings is 3. The lowest BCUT2D eigenvalue weighted by Gasteiger charge is -2.27. The van der Waals surface area contributed by atoms with Crippen LogP contribution in [0.3, 0.4) is 0 Å². The number of aromatic nitrogens is 1. The third-order valence-electron chi connectivity index (χ3n) is 5.79. The predicted molar refractivity (Wildman–Crippen MR) is 129 cm³/mol. The summed E-state index contributed by atoms with van der Waals surface area (Å²) in [5, 5.41) is 7.51. The van der Waals surface area contributed by atoms with Gasteiger partial charge in [-0.25, -0.2) is 4.98 Å². The fourth-order valence-electron chi connectivity index (χ4n) is 4.28. The van der Waals surface area contributed by atoms with Gasteiger partial charge in [0.25, 0.3) is 5.91 Å². The summed E-state index contributed by atoms with van der Waals surface area (Å²) < 4.78 is 5.75. The number of hydrogen-bond acceptors (Lipinski definition) is 5. The van der Waals surface area contributed by atoms with Crippen LogP contribution in [-0.4, -0.2) is 28.9 Å². The van der Waals surface area contributed by atoms with Gasteiger partial charge in [-0.1, -0.05) is 54.6 Å². The van der Waals surface area contributed by atoms with E-state index in [4.69, 9.17) is 4.74 Å². The Bertz CT molecular complexity index is 1270. The lowest BCUT2D eigenvalue weighted by atomic mass is 10.00. The molecular weight excluding hydrogens is 418 g/mol. The zero-order valence-electron chi connectivity index (χ0n) is 18.0. The van der Waals surface area contributed by atoms with Crippen LogP contribution in [0.5, 0.6) is 5.75 Å². The largest absolute Gasteiger partial charge is 0.493 e. The minimum atomic E-state index is -0.196. The second-order valence-corrected chi connectivity index (χ2v) is 8.78. The number of fused-ring (bicyclic) bond motifs is 2. The summed E-state index contributed by atoms with van der Waals surface area (Å²) in [5.41, 5.74) is 4.36. The van der Waals surface area contributed by atoms with E-state index in [1.165, 1.54) is 22.5 Å². The zero-order chi connectivity index (χ0) is 21.9. The zero-order valence-corrected chi connectivity index (χ0v) is 18.8. The van der Waals surface area contributed by atoms with Crippen molar-refractivity contribution in [2.45, 2.75) is 26.4 Å². The monoisotopic (exact) mass is 443 g/mol. The maximum absolute atomic E-state index is 13.2. The molecule has 1 aromatic heterocycles. The average Bonchev–Trinajstić information content (AvgIpc) is 3.25. The first-order valence-electron chi connectivity index (χ1n) is 10.9. The molecule has 3 aromatic carbocycles. The summed E-state index contributed by atoms with van der Waals surface area (Å²) in [6.07, 6.45) is 1.06. The number of carbonyl (C=O) groups excluding carboxylic acids is 1. The topological polar surface area (TPSA) is 54.5 Å². The van der Waals surface area contributed by atoms with Crippen molar-refractivity contribution in [2.24, 2.45) is 0 Å². The SMILES string of the molecule is CCOc1ccc2ccccc2c1C(=O)Nc1nc(CN2CCc3ccccc3C2)cs1. The van der Waals surface area contributed by atoms with Gasteiger partial charge in [0.1, 0.15) is 5.75 Å². The fraction of sp³-hybridized carbons (Fsp3) is 0.231. The van der Waals surface area contributed by atoms with Crippen LogP contribution in [-0.2, 0) is 19.5 Å². The quantitative estimate of drug-likeness (QED) is 0.427. The number of amides is 1. The van der Waals surface area contributed by atoms with Crippen molar-refractivity contribution >= 4 is 33.1 Å². The minimum absolute atomic E-state index is 0.196. The molecule has 0 radical (unpaired) electrons. The molecule has 5 rings (SSSR count). The Hall–Kier alpha value is -3.22. The molecular formula is C26H25N3O2S. The smallest absolute Gasteiger partial charge is 0.261 e. The van der Waals surface area contributed by atoms with Crippen LogP contribution in [0.1, 0.15) is 34.1 Å². The molecule has 0 fully saturated rings. The van der Waals surface area contributed by atoms with Gasteiger partial charge in [-0.05, 0) is 41.3 Å². The Morgan fingerprint density at radius 2 is 1.91 bits per heavy atom. The Kier molecular flexibility index (Phi) is 5.88. The van der Waals surface area contributed by atoms with E-state index in [0.29, 0.717) is 23.1 Å². The highest BCUT2D eigenvalue weighted by Crippen LogP contribution is 2.30. The third kappa shape index (κ3) is 4.24. The second kappa shape index (κ2) is 9.10. The van der Waals surface area contributed by atoms with E-state index < -0.39 is 0 Å². The van der Waals surface area contributed by atoms with Crippen LogP contribution in [0, 0.1) is 0 Å². The Morgan fingerprint density at radius 1 is 1.09 bits per heavy atom. The predicted octanol–water partition coefficient (Wildman–Crippen LogP) is 5.51. The molecule has 4 aromatic rings. The Labute approximate surface area is 191 Å². The highest BCUT2D eigenvalue weighted by Gasteiger charge is 2.20. The van der Waals surface area contributed by atoms with Gasteiger partial charge < -0.3 is 4.74 Å². The van der Waals surface area contributed by atoms with Crippen molar-refractivity contribution in [2.75, 3.05) is 18.5 Å². The number of hydrogen-bond donors (Lipinski definition) is 1. The van der Waals surface area contributed by atoms with Crippen LogP contribution in [0.4, 0.5) is 5.13 Å². The van der Waals surface area contributed by atoms with Gasteiger partial charge in [0, 0.05) is 25.0 Å². The van der Waals surface area contributed by atoms with E-state index in [9.17, 15) is 4.79 Å². The lowest BCUT2D eigenvalue weighted by molar-refractivity contribution is 0.102. The van der Waals surface area contributed by atoms with E-state index in [2.05, 4.69) is 39.5 Å². The molecule has 1 amide bonds. The molecule has 0 unspecified atom stereocenters. The third-order valence-corrected chi connectivity index (χ3v) is 6.59. The number of ether oxygens (including phenoxy) is 1. The molecule has 1 N–H and O–H groups in total. The number of nitrogens with zero attached hydrogens (tertiary/aromatic N) is 2. The van der Waals surface area contributed by atoms with Crippen LogP contribution < -0.4 is 10.1 Å². The number of rotatable bonds is 6. The summed E-state index contributed by atoms with van der Waals surface area (Å²) in [4.78, 5) is 20.3. The van der Waals surface area contributed by atoms with E-state index in [1.807, 2.05) is 48.7 Å². The van der Waals surface area contributed by atoms with Gasteiger partial charge in [0.15, 0.2) is 5.13 Å². The molecule has 6 heteroatoms. The van der Waals surface area contributed by atoms with Crippen molar-refractivity contribution in [3.05, 3.63) is 88.4 Å². The molecule has 0 saturated carbocycles. The van der Waals surface area contributed by atoms with Crippen LogP contribution in [0.15, 0.2) is 66.0 Å². The van der Waals surface area contributed by atoms with E-state index >= 15 is 0 Å². The average molecular weight is 444 g/mol.